The molecule has 4 heteroatoms. The molecule has 0 aromatic heterocycles. The zero-order valence-corrected chi connectivity index (χ0v) is 8.59. The summed E-state index contributed by atoms with van der Waals surface area (Å²) in [5, 5.41) is 1.90. The SMILES string of the molecule is CC(C)(C)OC(=O)CN1CCCN1. The number of hydrogen-bond acceptors (Lipinski definition) is 4. The fraction of sp³-hybridized carbons (Fsp3) is 0.889. The first kappa shape index (κ1) is 10.5. The molecule has 0 spiro atoms. The van der Waals surface area contributed by atoms with E-state index >= 15 is 0 Å². The van der Waals surface area contributed by atoms with Gasteiger partial charge in [-0.15, -0.1) is 0 Å². The molecule has 0 unspecified atom stereocenters. The van der Waals surface area contributed by atoms with E-state index in [0.29, 0.717) is 6.54 Å². The van der Waals surface area contributed by atoms with Gasteiger partial charge in [0, 0.05) is 13.1 Å². The van der Waals surface area contributed by atoms with Gasteiger partial charge in [0.2, 0.25) is 0 Å². The van der Waals surface area contributed by atoms with Gasteiger partial charge in [0.15, 0.2) is 0 Å². The molecule has 13 heavy (non-hydrogen) atoms. The fourth-order valence-electron chi connectivity index (χ4n) is 1.25. The van der Waals surface area contributed by atoms with Crippen LogP contribution in [-0.4, -0.2) is 36.2 Å². The highest BCUT2D eigenvalue weighted by molar-refractivity contribution is 5.72. The second-order valence-corrected chi connectivity index (χ2v) is 4.27. The normalized spacial score (nSPS) is 19.0. The highest BCUT2D eigenvalue weighted by atomic mass is 16.6. The maximum absolute atomic E-state index is 11.3. The van der Waals surface area contributed by atoms with Crippen molar-refractivity contribution >= 4 is 5.97 Å². The van der Waals surface area contributed by atoms with E-state index in [9.17, 15) is 4.79 Å². The van der Waals surface area contributed by atoms with Gasteiger partial charge < -0.3 is 4.74 Å². The number of hydrogen-bond donors (Lipinski definition) is 1. The Morgan fingerprint density at radius 3 is 2.69 bits per heavy atom. The molecule has 1 aliphatic rings. The number of ether oxygens (including phenoxy) is 1. The minimum atomic E-state index is -0.378. The molecule has 0 atom stereocenters. The van der Waals surface area contributed by atoms with Gasteiger partial charge in [-0.25, -0.2) is 5.01 Å². The zero-order chi connectivity index (χ0) is 9.90. The molecule has 0 saturated carbocycles. The predicted molar refractivity (Wildman–Crippen MR) is 50.0 cm³/mol. The Morgan fingerprint density at radius 1 is 1.54 bits per heavy atom. The Kier molecular flexibility index (Phi) is 3.27. The van der Waals surface area contributed by atoms with E-state index in [2.05, 4.69) is 5.43 Å². The van der Waals surface area contributed by atoms with Crippen molar-refractivity contribution in [3.63, 3.8) is 0 Å². The highest BCUT2D eigenvalue weighted by Crippen LogP contribution is 2.07. The van der Waals surface area contributed by atoms with E-state index in [0.717, 1.165) is 19.5 Å². The molecule has 1 saturated heterocycles. The van der Waals surface area contributed by atoms with E-state index in [1.165, 1.54) is 0 Å². The summed E-state index contributed by atoms with van der Waals surface area (Å²) in [5.74, 6) is -0.165. The number of nitrogens with zero attached hydrogens (tertiary/aromatic N) is 1. The number of esters is 1. The summed E-state index contributed by atoms with van der Waals surface area (Å²) < 4.78 is 5.18. The average Bonchev–Trinajstić information content (AvgIpc) is 2.34. The number of carbonyl (C=O) groups is 1. The van der Waals surface area contributed by atoms with Crippen LogP contribution in [0.2, 0.25) is 0 Å². The average molecular weight is 186 g/mol. The van der Waals surface area contributed by atoms with Crippen molar-refractivity contribution in [2.24, 2.45) is 0 Å². The molecule has 76 valence electrons. The van der Waals surface area contributed by atoms with Crippen molar-refractivity contribution in [3.05, 3.63) is 0 Å². The molecule has 0 aliphatic carbocycles. The van der Waals surface area contributed by atoms with Crippen molar-refractivity contribution in [3.8, 4) is 0 Å². The molecule has 0 amide bonds. The van der Waals surface area contributed by atoms with E-state index in [4.69, 9.17) is 4.74 Å². The standard InChI is InChI=1S/C9H18N2O2/c1-9(2,3)13-8(12)7-11-6-4-5-10-11/h10H,4-7H2,1-3H3. The predicted octanol–water partition coefficient (Wildman–Crippen LogP) is 0.538. The Bertz CT molecular complexity index is 181. The molecule has 1 fully saturated rings. The van der Waals surface area contributed by atoms with Crippen molar-refractivity contribution in [1.29, 1.82) is 0 Å². The summed E-state index contributed by atoms with van der Waals surface area (Å²) in [6.45, 7) is 7.87. The van der Waals surface area contributed by atoms with Crippen LogP contribution in [-0.2, 0) is 9.53 Å². The van der Waals surface area contributed by atoms with Crippen LogP contribution in [0.4, 0.5) is 0 Å². The summed E-state index contributed by atoms with van der Waals surface area (Å²) in [6.07, 6.45) is 1.10. The summed E-state index contributed by atoms with van der Waals surface area (Å²) in [6, 6.07) is 0. The third kappa shape index (κ3) is 4.24. The first-order valence-electron chi connectivity index (χ1n) is 4.68. The molecule has 0 aromatic rings. The molecule has 1 N–H and O–H groups in total. The topological polar surface area (TPSA) is 41.6 Å². The summed E-state index contributed by atoms with van der Waals surface area (Å²) in [5.41, 5.74) is 2.73. The molecule has 0 aromatic carbocycles. The zero-order valence-electron chi connectivity index (χ0n) is 8.59. The number of hydrazine groups is 1. The molecule has 0 radical (unpaired) electrons. The van der Waals surface area contributed by atoms with Crippen LogP contribution in [0, 0.1) is 0 Å². The van der Waals surface area contributed by atoms with Crippen LogP contribution in [0.3, 0.4) is 0 Å². The second kappa shape index (κ2) is 4.07. The lowest BCUT2D eigenvalue weighted by atomic mass is 10.2. The lowest BCUT2D eigenvalue weighted by molar-refractivity contribution is -0.156. The fourth-order valence-corrected chi connectivity index (χ4v) is 1.25. The minimum absolute atomic E-state index is 0.165. The smallest absolute Gasteiger partial charge is 0.322 e. The Morgan fingerprint density at radius 2 is 2.23 bits per heavy atom. The summed E-state index contributed by atoms with van der Waals surface area (Å²) >= 11 is 0. The van der Waals surface area contributed by atoms with Crippen molar-refractivity contribution < 1.29 is 9.53 Å². The first-order chi connectivity index (χ1) is 5.97. The number of rotatable bonds is 2. The molecule has 4 nitrogen and oxygen atoms in total. The first-order valence-corrected chi connectivity index (χ1v) is 4.68. The maximum atomic E-state index is 11.3. The van der Waals surface area contributed by atoms with Crippen LogP contribution in [0.5, 0.6) is 0 Å². The lowest BCUT2D eigenvalue weighted by Gasteiger charge is -2.21. The Hall–Kier alpha value is -0.610. The molecular weight excluding hydrogens is 168 g/mol. The molecule has 1 aliphatic heterocycles. The van der Waals surface area contributed by atoms with E-state index in [1.807, 2.05) is 25.8 Å². The van der Waals surface area contributed by atoms with Crippen LogP contribution in [0.1, 0.15) is 27.2 Å². The van der Waals surface area contributed by atoms with Crippen LogP contribution >= 0.6 is 0 Å². The monoisotopic (exact) mass is 186 g/mol. The molecule has 0 bridgehead atoms. The van der Waals surface area contributed by atoms with Crippen molar-refractivity contribution in [2.75, 3.05) is 19.6 Å². The molecular formula is C9H18N2O2. The lowest BCUT2D eigenvalue weighted by Crippen LogP contribution is -2.38. The van der Waals surface area contributed by atoms with Crippen LogP contribution in [0.25, 0.3) is 0 Å². The largest absolute Gasteiger partial charge is 0.459 e. The van der Waals surface area contributed by atoms with E-state index in [-0.39, 0.29) is 11.6 Å². The van der Waals surface area contributed by atoms with Crippen molar-refractivity contribution in [1.82, 2.24) is 10.4 Å². The van der Waals surface area contributed by atoms with E-state index in [1.54, 1.807) is 0 Å². The van der Waals surface area contributed by atoms with Crippen molar-refractivity contribution in [2.45, 2.75) is 32.8 Å². The summed E-state index contributed by atoms with van der Waals surface area (Å²) in [4.78, 5) is 11.3. The minimum Gasteiger partial charge on any atom is -0.459 e. The van der Waals surface area contributed by atoms with E-state index < -0.39 is 0 Å². The van der Waals surface area contributed by atoms with Gasteiger partial charge in [-0.05, 0) is 27.2 Å². The van der Waals surface area contributed by atoms with Gasteiger partial charge in [0.25, 0.3) is 0 Å². The highest BCUT2D eigenvalue weighted by Gasteiger charge is 2.20. The van der Waals surface area contributed by atoms with Gasteiger partial charge in [-0.1, -0.05) is 0 Å². The van der Waals surface area contributed by atoms with Gasteiger partial charge in [-0.3, -0.25) is 10.2 Å². The molecule has 1 heterocycles. The van der Waals surface area contributed by atoms with Gasteiger partial charge in [0.1, 0.15) is 12.1 Å². The quantitative estimate of drug-likeness (QED) is 0.639. The van der Waals surface area contributed by atoms with Gasteiger partial charge >= 0.3 is 5.97 Å². The Balaban J connectivity index is 2.24. The maximum Gasteiger partial charge on any atom is 0.322 e. The summed E-state index contributed by atoms with van der Waals surface area (Å²) in [7, 11) is 0. The third-order valence-corrected chi connectivity index (χ3v) is 1.68. The number of carbonyl (C=O) groups excluding carboxylic acids is 1. The third-order valence-electron chi connectivity index (χ3n) is 1.68. The molecule has 1 rings (SSSR count). The number of nitrogens with one attached hydrogen (secondary N) is 1. The second-order valence-electron chi connectivity index (χ2n) is 4.27. The van der Waals surface area contributed by atoms with Crippen LogP contribution < -0.4 is 5.43 Å². The van der Waals surface area contributed by atoms with Crippen LogP contribution in [0.15, 0.2) is 0 Å². The van der Waals surface area contributed by atoms with Gasteiger partial charge in [-0.2, -0.15) is 0 Å². The Labute approximate surface area is 79.2 Å². The van der Waals surface area contributed by atoms with Gasteiger partial charge in [0.05, 0.1) is 0 Å².